The second kappa shape index (κ2) is 55.9. The van der Waals surface area contributed by atoms with Crippen molar-refractivity contribution in [1.29, 1.82) is 31.6 Å². The van der Waals surface area contributed by atoms with Gasteiger partial charge in [0.1, 0.15) is 17.2 Å². The standard InChI is InChI=1S/C24H23N.C21H25NO.C18H19NO.2C18H19N.C16H15NO/c1-2-3-4-5-19-6-10-21(11-7-19)23-14-16-24(17-15-23)22-12-8-20(18-25)9-13-22;1-2-3-4-5-6-7-16-23-21-14-12-20(13-15-21)19-10-8-18(17-22)9-11-19;1-2-3-4-13-20-18-11-9-17(10-12-18)16-7-5-15(14-19)6-8-16;1-3-14(2)12-15-4-8-17(9-5-15)18-10-6-16(13-19)7-11-18;1-2-3-4-5-15-6-10-17(11-7-15)18-12-8-16(14-19)9-13-18;1-2-11-18-16-9-7-15(8-10-16)14-5-3-13(12-17)4-6-14/h6-17H,2-5H2,1H3;8-15H,2-7,16H2,1H3;5-12H,2-4,13H2,1H3;4-11,14H,3,12H2,1-2H3;6-13H,2-5H2,1H3;3-10H,2,11H2,1H3. The van der Waals surface area contributed by atoms with Crippen LogP contribution in [-0.2, 0) is 19.3 Å². The fourth-order valence-electron chi connectivity index (χ4n) is 13.6. The quantitative estimate of drug-likeness (QED) is 0.0356. The van der Waals surface area contributed by atoms with E-state index in [1.54, 1.807) is 0 Å². The topological polar surface area (TPSA) is 170 Å². The molecule has 0 aliphatic rings. The average molecular weight is 1630 g/mol. The smallest absolute Gasteiger partial charge is 0.119 e. The molecule has 0 bridgehead atoms. The number of hydrogen-bond acceptors (Lipinski definition) is 9. The van der Waals surface area contributed by atoms with Gasteiger partial charge in [-0.2, -0.15) is 31.6 Å². The maximum absolute atomic E-state index is 8.89. The zero-order valence-corrected chi connectivity index (χ0v) is 73.8. The molecule has 1 atom stereocenters. The van der Waals surface area contributed by atoms with Crippen LogP contribution in [0.2, 0.25) is 0 Å². The zero-order chi connectivity index (χ0) is 88.0. The summed E-state index contributed by atoms with van der Waals surface area (Å²) in [6.07, 6.45) is 24.6. The number of nitrogens with zero attached hydrogens (tertiary/aromatic N) is 6. The number of hydrogen-bond donors (Lipinski definition) is 0. The molecule has 0 aromatic heterocycles. The van der Waals surface area contributed by atoms with E-state index < -0.39 is 0 Å². The minimum atomic E-state index is 0.682. The Hall–Kier alpha value is -13.8. The Labute approximate surface area is 740 Å². The van der Waals surface area contributed by atoms with E-state index in [1.165, 1.54) is 153 Å². The van der Waals surface area contributed by atoms with Crippen LogP contribution in [0, 0.1) is 73.9 Å². The highest BCUT2D eigenvalue weighted by Gasteiger charge is 2.09. The molecule has 9 nitrogen and oxygen atoms in total. The molecule has 0 saturated heterocycles. The fourth-order valence-corrected chi connectivity index (χ4v) is 13.6. The summed E-state index contributed by atoms with van der Waals surface area (Å²) >= 11 is 0. The van der Waals surface area contributed by atoms with Crippen LogP contribution < -0.4 is 14.2 Å². The Kier molecular flexibility index (Phi) is 43.1. The lowest BCUT2D eigenvalue weighted by Gasteiger charge is -2.09. The summed E-state index contributed by atoms with van der Waals surface area (Å²) < 4.78 is 17.0. The molecule has 0 amide bonds. The van der Waals surface area contributed by atoms with Gasteiger partial charge in [0.2, 0.25) is 0 Å². The van der Waals surface area contributed by atoms with E-state index in [2.05, 4.69) is 206 Å². The molecular weight excluding hydrogens is 1510 g/mol. The summed E-state index contributed by atoms with van der Waals surface area (Å²) in [7, 11) is 0. The van der Waals surface area contributed by atoms with Gasteiger partial charge in [-0.05, 0) is 261 Å². The monoisotopic (exact) mass is 1630 g/mol. The summed E-state index contributed by atoms with van der Waals surface area (Å²) in [5.41, 5.74) is 24.7. The van der Waals surface area contributed by atoms with Crippen LogP contribution >= 0.6 is 0 Å². The van der Waals surface area contributed by atoms with Crippen LogP contribution in [0.4, 0.5) is 0 Å². The van der Waals surface area contributed by atoms with Crippen molar-refractivity contribution in [3.63, 3.8) is 0 Å². The minimum absolute atomic E-state index is 0.682. The summed E-state index contributed by atoms with van der Waals surface area (Å²) in [4.78, 5) is 0. The second-order valence-electron chi connectivity index (χ2n) is 31.0. The van der Waals surface area contributed by atoms with Gasteiger partial charge in [0, 0.05) is 0 Å². The van der Waals surface area contributed by atoms with Crippen LogP contribution in [-0.4, -0.2) is 19.8 Å². The highest BCUT2D eigenvalue weighted by Crippen LogP contribution is 2.31. The summed E-state index contributed by atoms with van der Waals surface area (Å²) in [5, 5.41) is 52.8. The summed E-state index contributed by atoms with van der Waals surface area (Å²) in [6.45, 7) is 17.8. The number of ether oxygens (including phenoxy) is 3. The maximum Gasteiger partial charge on any atom is 0.119 e. The normalized spacial score (nSPS) is 10.4. The lowest BCUT2D eigenvalue weighted by atomic mass is 9.96. The molecule has 124 heavy (non-hydrogen) atoms. The maximum atomic E-state index is 8.89. The second-order valence-corrected chi connectivity index (χ2v) is 31.0. The highest BCUT2D eigenvalue weighted by molar-refractivity contribution is 5.72. The Morgan fingerprint density at radius 3 is 0.621 bits per heavy atom. The van der Waals surface area contributed by atoms with E-state index in [9.17, 15) is 0 Å². The third kappa shape index (κ3) is 34.0. The number of benzene rings is 13. The van der Waals surface area contributed by atoms with Crippen LogP contribution in [0.25, 0.3) is 77.9 Å². The van der Waals surface area contributed by atoms with Crippen molar-refractivity contribution in [3.05, 3.63) is 366 Å². The number of aryl methyl sites for hydroxylation is 2. The molecule has 0 radical (unpaired) electrons. The average Bonchev–Trinajstić information content (AvgIpc) is 0.821. The Bertz CT molecular complexity index is 5440. The molecule has 0 spiro atoms. The predicted octanol–water partition coefficient (Wildman–Crippen LogP) is 31.2. The summed E-state index contributed by atoms with van der Waals surface area (Å²) in [5.74, 6) is 3.48. The minimum Gasteiger partial charge on any atom is -0.494 e. The number of nitriles is 6. The van der Waals surface area contributed by atoms with E-state index in [0.29, 0.717) is 33.4 Å². The van der Waals surface area contributed by atoms with Gasteiger partial charge < -0.3 is 14.2 Å². The lowest BCUT2D eigenvalue weighted by molar-refractivity contribution is 0.304. The molecular formula is C115H120N6O3. The van der Waals surface area contributed by atoms with E-state index in [4.69, 9.17) is 45.8 Å². The van der Waals surface area contributed by atoms with Gasteiger partial charge in [-0.3, -0.25) is 0 Å². The SMILES string of the molecule is CCC(C)Cc1ccc(-c2ccc(C#N)cc2)cc1.CCCCCCCCOc1ccc(-c2ccc(C#N)cc2)cc1.CCCCCOc1ccc(-c2ccc(C#N)cc2)cc1.CCCCCc1ccc(-c2ccc(-c3ccc(C#N)cc3)cc2)cc1.CCCCCc1ccc(-c2ccc(C#N)cc2)cc1.CCCOc1ccc(-c2ccc(C#N)cc2)cc1. The molecule has 0 N–H and O–H groups in total. The number of unbranched alkanes of at least 4 members (excludes halogenated alkanes) is 11. The van der Waals surface area contributed by atoms with Crippen molar-refractivity contribution in [3.8, 4) is 132 Å². The third-order valence-corrected chi connectivity index (χ3v) is 21.4. The van der Waals surface area contributed by atoms with Crippen molar-refractivity contribution >= 4 is 0 Å². The van der Waals surface area contributed by atoms with Crippen LogP contribution in [0.15, 0.2) is 315 Å². The molecule has 9 heteroatoms. The Morgan fingerprint density at radius 2 is 0.387 bits per heavy atom. The van der Waals surface area contributed by atoms with E-state index in [-0.39, 0.29) is 0 Å². The molecule has 0 aliphatic heterocycles. The van der Waals surface area contributed by atoms with Gasteiger partial charge in [-0.1, -0.05) is 332 Å². The van der Waals surface area contributed by atoms with Gasteiger partial charge in [0.05, 0.1) is 89.6 Å². The van der Waals surface area contributed by atoms with Crippen LogP contribution in [0.5, 0.6) is 17.2 Å². The molecule has 1 unspecified atom stereocenters. The summed E-state index contributed by atoms with van der Waals surface area (Å²) in [6, 6.07) is 118. The first-order valence-corrected chi connectivity index (χ1v) is 44.4. The molecule has 0 aliphatic carbocycles. The van der Waals surface area contributed by atoms with Crippen LogP contribution in [0.1, 0.15) is 208 Å². The van der Waals surface area contributed by atoms with Crippen molar-refractivity contribution in [2.45, 2.75) is 177 Å². The van der Waals surface area contributed by atoms with E-state index in [0.717, 1.165) is 113 Å². The van der Waals surface area contributed by atoms with Gasteiger partial charge >= 0.3 is 0 Å². The van der Waals surface area contributed by atoms with Gasteiger partial charge in [0.25, 0.3) is 0 Å². The predicted molar refractivity (Wildman–Crippen MR) is 514 cm³/mol. The Morgan fingerprint density at radius 1 is 0.202 bits per heavy atom. The van der Waals surface area contributed by atoms with Gasteiger partial charge in [0.15, 0.2) is 0 Å². The molecule has 628 valence electrons. The van der Waals surface area contributed by atoms with Crippen molar-refractivity contribution in [2.75, 3.05) is 19.8 Å². The molecule has 0 fully saturated rings. The third-order valence-electron chi connectivity index (χ3n) is 21.4. The fraction of sp³-hybridized carbons (Fsp3) is 0.270. The van der Waals surface area contributed by atoms with Crippen molar-refractivity contribution in [1.82, 2.24) is 0 Å². The van der Waals surface area contributed by atoms with Crippen LogP contribution in [0.3, 0.4) is 0 Å². The van der Waals surface area contributed by atoms with Crippen molar-refractivity contribution < 1.29 is 14.2 Å². The first kappa shape index (κ1) is 95.7. The molecule has 13 rings (SSSR count). The highest BCUT2D eigenvalue weighted by atomic mass is 16.5. The van der Waals surface area contributed by atoms with Gasteiger partial charge in [-0.25, -0.2) is 0 Å². The van der Waals surface area contributed by atoms with Gasteiger partial charge in [-0.15, -0.1) is 0 Å². The zero-order valence-electron chi connectivity index (χ0n) is 73.8. The first-order chi connectivity index (χ1) is 60.8. The molecule has 0 saturated carbocycles. The van der Waals surface area contributed by atoms with Crippen molar-refractivity contribution in [2.24, 2.45) is 5.92 Å². The first-order valence-electron chi connectivity index (χ1n) is 44.4. The van der Waals surface area contributed by atoms with E-state index >= 15 is 0 Å². The molecule has 0 heterocycles. The van der Waals surface area contributed by atoms with E-state index in [1.807, 2.05) is 194 Å². The Balaban J connectivity index is 0.000000185. The lowest BCUT2D eigenvalue weighted by Crippen LogP contribution is -1.97. The molecule has 13 aromatic carbocycles. The number of rotatable bonds is 34. The largest absolute Gasteiger partial charge is 0.494 e. The molecule has 13 aromatic rings.